The van der Waals surface area contributed by atoms with E-state index in [-0.39, 0.29) is 0 Å². The SMILES string of the molecule is CC(C)c1ccc2c(c1N(c1ccc(-c3cc4ccccc4c4ccccc34)cc1)c1c(C(C)C)ccc3c1CCCC3)CCCC2. The first-order chi connectivity index (χ1) is 23.0. The van der Waals surface area contributed by atoms with Gasteiger partial charge < -0.3 is 4.90 Å². The molecule has 0 spiro atoms. The first kappa shape index (κ1) is 30.0. The Kier molecular flexibility index (Phi) is 7.88. The highest BCUT2D eigenvalue weighted by molar-refractivity contribution is 6.13. The van der Waals surface area contributed by atoms with Crippen molar-refractivity contribution in [3.63, 3.8) is 0 Å². The van der Waals surface area contributed by atoms with Crippen LogP contribution in [-0.4, -0.2) is 0 Å². The van der Waals surface area contributed by atoms with Gasteiger partial charge in [-0.2, -0.15) is 0 Å². The maximum atomic E-state index is 2.74. The van der Waals surface area contributed by atoms with Crippen molar-refractivity contribution in [1.82, 2.24) is 0 Å². The molecule has 0 bridgehead atoms. The molecule has 0 heterocycles. The van der Waals surface area contributed by atoms with E-state index in [4.69, 9.17) is 0 Å². The molecule has 0 N–H and O–H groups in total. The summed E-state index contributed by atoms with van der Waals surface area (Å²) in [6, 6.07) is 39.5. The second-order valence-electron chi connectivity index (χ2n) is 14.6. The van der Waals surface area contributed by atoms with Gasteiger partial charge in [-0.25, -0.2) is 0 Å². The molecule has 2 aliphatic carbocycles. The van der Waals surface area contributed by atoms with E-state index in [1.807, 2.05) is 0 Å². The van der Waals surface area contributed by atoms with Gasteiger partial charge in [-0.15, -0.1) is 0 Å². The molecule has 0 aromatic heterocycles. The highest BCUT2D eigenvalue weighted by Gasteiger charge is 2.30. The van der Waals surface area contributed by atoms with Crippen LogP contribution in [0.15, 0.2) is 103 Å². The fraction of sp³-hybridized carbons (Fsp3) is 0.304. The Morgan fingerprint density at radius 1 is 0.489 bits per heavy atom. The van der Waals surface area contributed by atoms with E-state index in [2.05, 4.69) is 136 Å². The molecule has 0 saturated carbocycles. The Labute approximate surface area is 281 Å². The Morgan fingerprint density at radius 2 is 1.00 bits per heavy atom. The van der Waals surface area contributed by atoms with E-state index < -0.39 is 0 Å². The van der Waals surface area contributed by atoms with Crippen molar-refractivity contribution in [1.29, 1.82) is 0 Å². The van der Waals surface area contributed by atoms with Gasteiger partial charge in [0.1, 0.15) is 0 Å². The maximum absolute atomic E-state index is 2.74. The van der Waals surface area contributed by atoms with Crippen LogP contribution in [0.4, 0.5) is 17.1 Å². The lowest BCUT2D eigenvalue weighted by Gasteiger charge is -2.37. The summed E-state index contributed by atoms with van der Waals surface area (Å²) in [4.78, 5) is 2.74. The van der Waals surface area contributed by atoms with Crippen LogP contribution in [0, 0.1) is 0 Å². The van der Waals surface area contributed by atoms with Gasteiger partial charge in [0.05, 0.1) is 11.4 Å². The molecule has 1 heteroatoms. The standard InChI is InChI=1S/C46H47N/c1-30(2)37-27-23-32-13-5-9-17-40(32)45(37)47(46-38(31(3)4)28-24-33-14-6-10-18-41(33)46)36-25-21-34(22-26-36)44-29-35-15-7-8-16-39(35)42-19-11-12-20-43(42)44/h7-8,11-12,15-16,19-31H,5-6,9-10,13-14,17-18H2,1-4H3. The molecule has 0 aliphatic heterocycles. The molecule has 6 aromatic rings. The third-order valence-electron chi connectivity index (χ3n) is 11.0. The van der Waals surface area contributed by atoms with Gasteiger partial charge in [0, 0.05) is 5.69 Å². The first-order valence-electron chi connectivity index (χ1n) is 18.1. The summed E-state index contributed by atoms with van der Waals surface area (Å²) in [6.07, 6.45) is 9.82. The average molecular weight is 614 g/mol. The molecule has 8 rings (SSSR count). The third kappa shape index (κ3) is 5.25. The number of aryl methyl sites for hydroxylation is 2. The fourth-order valence-corrected chi connectivity index (χ4v) is 8.57. The van der Waals surface area contributed by atoms with Crippen molar-refractivity contribution in [3.05, 3.63) is 137 Å². The average Bonchev–Trinajstić information content (AvgIpc) is 3.11. The molecule has 6 aromatic carbocycles. The van der Waals surface area contributed by atoms with Gasteiger partial charge >= 0.3 is 0 Å². The number of rotatable bonds is 6. The van der Waals surface area contributed by atoms with E-state index in [0.29, 0.717) is 11.8 Å². The fourth-order valence-electron chi connectivity index (χ4n) is 8.57. The lowest BCUT2D eigenvalue weighted by atomic mass is 9.82. The van der Waals surface area contributed by atoms with Crippen LogP contribution in [-0.2, 0) is 25.7 Å². The van der Waals surface area contributed by atoms with Gasteiger partial charge in [0.25, 0.3) is 0 Å². The van der Waals surface area contributed by atoms with Gasteiger partial charge in [-0.3, -0.25) is 0 Å². The minimum Gasteiger partial charge on any atom is -0.309 e. The molecule has 0 fully saturated rings. The Hall–Kier alpha value is -4.36. The predicted molar refractivity (Wildman–Crippen MR) is 203 cm³/mol. The zero-order valence-corrected chi connectivity index (χ0v) is 28.6. The minimum absolute atomic E-state index is 0.435. The molecule has 0 amide bonds. The lowest BCUT2D eigenvalue weighted by Crippen LogP contribution is -2.22. The van der Waals surface area contributed by atoms with Crippen LogP contribution in [0.2, 0.25) is 0 Å². The van der Waals surface area contributed by atoms with Crippen LogP contribution in [0.3, 0.4) is 0 Å². The topological polar surface area (TPSA) is 3.24 Å². The zero-order valence-electron chi connectivity index (χ0n) is 28.6. The van der Waals surface area contributed by atoms with E-state index in [9.17, 15) is 0 Å². The molecule has 47 heavy (non-hydrogen) atoms. The van der Waals surface area contributed by atoms with Gasteiger partial charge in [0.2, 0.25) is 0 Å². The van der Waals surface area contributed by atoms with Gasteiger partial charge in [-0.05, 0) is 147 Å². The number of hydrogen-bond donors (Lipinski definition) is 0. The summed E-state index contributed by atoms with van der Waals surface area (Å²) in [6.45, 7) is 9.52. The first-order valence-corrected chi connectivity index (χ1v) is 18.1. The highest BCUT2D eigenvalue weighted by Crippen LogP contribution is 2.49. The molecule has 2 aliphatic rings. The van der Waals surface area contributed by atoms with E-state index >= 15 is 0 Å². The van der Waals surface area contributed by atoms with Crippen LogP contribution in [0.1, 0.15) is 98.6 Å². The van der Waals surface area contributed by atoms with E-state index in [1.54, 1.807) is 22.3 Å². The van der Waals surface area contributed by atoms with Gasteiger partial charge in [0.15, 0.2) is 0 Å². The van der Waals surface area contributed by atoms with Crippen molar-refractivity contribution in [2.45, 2.75) is 90.9 Å². The van der Waals surface area contributed by atoms with Crippen molar-refractivity contribution in [2.24, 2.45) is 0 Å². The number of anilines is 3. The number of hydrogen-bond acceptors (Lipinski definition) is 1. The monoisotopic (exact) mass is 613 g/mol. The molecule has 0 radical (unpaired) electrons. The van der Waals surface area contributed by atoms with E-state index in [1.165, 1.54) is 99.4 Å². The number of benzene rings is 6. The van der Waals surface area contributed by atoms with Crippen LogP contribution < -0.4 is 4.90 Å². The van der Waals surface area contributed by atoms with Crippen molar-refractivity contribution >= 4 is 38.6 Å². The maximum Gasteiger partial charge on any atom is 0.0531 e. The smallest absolute Gasteiger partial charge is 0.0531 e. The van der Waals surface area contributed by atoms with Crippen LogP contribution in [0.5, 0.6) is 0 Å². The molecule has 1 nitrogen and oxygen atoms in total. The summed E-state index contributed by atoms with van der Waals surface area (Å²) in [5.74, 6) is 0.870. The Morgan fingerprint density at radius 3 is 1.57 bits per heavy atom. The second kappa shape index (κ2) is 12.3. The van der Waals surface area contributed by atoms with Crippen molar-refractivity contribution in [2.75, 3.05) is 4.90 Å². The lowest BCUT2D eigenvalue weighted by molar-refractivity contribution is 0.677. The van der Waals surface area contributed by atoms with Gasteiger partial charge in [-0.1, -0.05) is 113 Å². The summed E-state index contributed by atoms with van der Waals surface area (Å²) < 4.78 is 0. The molecule has 0 unspecified atom stereocenters. The Balaban J connectivity index is 1.38. The largest absolute Gasteiger partial charge is 0.309 e. The number of fused-ring (bicyclic) bond motifs is 5. The molecule has 236 valence electrons. The van der Waals surface area contributed by atoms with Crippen LogP contribution >= 0.6 is 0 Å². The Bertz CT molecular complexity index is 2020. The normalized spacial score (nSPS) is 14.5. The van der Waals surface area contributed by atoms with E-state index in [0.717, 1.165) is 12.8 Å². The molecule has 0 saturated heterocycles. The predicted octanol–water partition coefficient (Wildman–Crippen LogP) is 13.1. The van der Waals surface area contributed by atoms with Crippen molar-refractivity contribution < 1.29 is 0 Å². The third-order valence-corrected chi connectivity index (χ3v) is 11.0. The summed E-state index contributed by atoms with van der Waals surface area (Å²) in [5, 5.41) is 5.25. The van der Waals surface area contributed by atoms with Crippen LogP contribution in [0.25, 0.3) is 32.7 Å². The quantitative estimate of drug-likeness (QED) is 0.169. The number of nitrogens with zero attached hydrogens (tertiary/aromatic N) is 1. The second-order valence-corrected chi connectivity index (χ2v) is 14.6. The minimum atomic E-state index is 0.435. The molecule has 0 atom stereocenters. The zero-order chi connectivity index (χ0) is 32.1. The highest BCUT2D eigenvalue weighted by atomic mass is 15.2. The summed E-state index contributed by atoms with van der Waals surface area (Å²) >= 11 is 0. The molecular weight excluding hydrogens is 567 g/mol. The summed E-state index contributed by atoms with van der Waals surface area (Å²) in [7, 11) is 0. The molecular formula is C46H47N. The van der Waals surface area contributed by atoms with Crippen molar-refractivity contribution in [3.8, 4) is 11.1 Å². The summed E-state index contributed by atoms with van der Waals surface area (Å²) in [5.41, 5.74) is 16.0.